The van der Waals surface area contributed by atoms with Crippen molar-refractivity contribution in [1.82, 2.24) is 0 Å². The Hall–Kier alpha value is -2.12. The molecule has 0 bridgehead atoms. The van der Waals surface area contributed by atoms with Crippen molar-refractivity contribution in [3.05, 3.63) is 69.5 Å². The molecule has 2 aromatic rings. The summed E-state index contributed by atoms with van der Waals surface area (Å²) in [5, 5.41) is 0. The van der Waals surface area contributed by atoms with Crippen LogP contribution in [0, 0.1) is 46.3 Å². The predicted octanol–water partition coefficient (Wildman–Crippen LogP) is 6.68. The number of esters is 1. The summed E-state index contributed by atoms with van der Waals surface area (Å²) < 4.78 is 73.6. The normalized spacial score (nSPS) is 19.4. The highest BCUT2D eigenvalue weighted by atomic mass is 35.5. The lowest BCUT2D eigenvalue weighted by Gasteiger charge is -2.11. The first-order valence-corrected chi connectivity index (χ1v) is 9.52. The number of hydrogen-bond donors (Lipinski definition) is 0. The summed E-state index contributed by atoms with van der Waals surface area (Å²) in [6, 6.07) is 5.23. The lowest BCUT2D eigenvalue weighted by Crippen LogP contribution is -2.10. The molecule has 0 saturated heterocycles. The zero-order valence-electron chi connectivity index (χ0n) is 15.7. The number of carbonyl (C=O) groups excluding carboxylic acids is 1. The molecule has 0 aliphatic heterocycles. The van der Waals surface area contributed by atoms with Crippen LogP contribution in [-0.2, 0) is 16.1 Å². The van der Waals surface area contributed by atoms with Crippen molar-refractivity contribution >= 4 is 29.2 Å². The largest absolute Gasteiger partial charge is 0.461 e. The molecule has 0 amide bonds. The highest BCUT2D eigenvalue weighted by Crippen LogP contribution is 2.60. The van der Waals surface area contributed by atoms with Gasteiger partial charge in [-0.2, -0.15) is 0 Å². The second kappa shape index (κ2) is 8.19. The Labute approximate surface area is 179 Å². The molecule has 0 spiro atoms. The van der Waals surface area contributed by atoms with E-state index in [2.05, 4.69) is 0 Å². The predicted molar refractivity (Wildman–Crippen MR) is 102 cm³/mol. The third-order valence-electron chi connectivity index (χ3n) is 5.28. The quantitative estimate of drug-likeness (QED) is 0.213. The zero-order chi connectivity index (χ0) is 22.4. The molecule has 1 aliphatic rings. The summed E-state index contributed by atoms with van der Waals surface area (Å²) in [5.74, 6) is -11.4. The van der Waals surface area contributed by atoms with Gasteiger partial charge in [-0.15, -0.1) is 0 Å². The fraction of sp³-hybridized carbons (Fsp3) is 0.286. The van der Waals surface area contributed by atoms with Gasteiger partial charge in [-0.05, 0) is 34.6 Å². The topological polar surface area (TPSA) is 26.3 Å². The number of rotatable bonds is 5. The molecular weight excluding hydrogens is 450 g/mol. The van der Waals surface area contributed by atoms with Gasteiger partial charge in [0.2, 0.25) is 5.82 Å². The monoisotopic (exact) mass is 464 g/mol. The van der Waals surface area contributed by atoms with Crippen molar-refractivity contribution in [2.75, 3.05) is 0 Å². The fourth-order valence-corrected chi connectivity index (χ4v) is 3.77. The van der Waals surface area contributed by atoms with Gasteiger partial charge in [0, 0.05) is 0 Å². The fourth-order valence-electron chi connectivity index (χ4n) is 3.49. The Balaban J connectivity index is 1.80. The molecule has 30 heavy (non-hydrogen) atoms. The van der Waals surface area contributed by atoms with E-state index in [4.69, 9.17) is 27.9 Å². The van der Waals surface area contributed by atoms with Crippen LogP contribution >= 0.6 is 23.2 Å². The van der Waals surface area contributed by atoms with Crippen molar-refractivity contribution in [1.29, 1.82) is 0 Å². The second-order valence-corrected chi connectivity index (χ2v) is 8.54. The Morgan fingerprint density at radius 1 is 1.03 bits per heavy atom. The van der Waals surface area contributed by atoms with Gasteiger partial charge in [-0.3, -0.25) is 4.79 Å². The average Bonchev–Trinajstić information content (AvgIpc) is 3.22. The maximum atomic E-state index is 14.0. The zero-order valence-corrected chi connectivity index (χ0v) is 17.2. The summed E-state index contributed by atoms with van der Waals surface area (Å²) in [6.45, 7) is 3.45. The van der Waals surface area contributed by atoms with E-state index in [1.807, 2.05) is 13.8 Å². The molecule has 2 atom stereocenters. The molecule has 3 rings (SSSR count). The van der Waals surface area contributed by atoms with Crippen LogP contribution in [0.4, 0.5) is 22.0 Å². The summed E-state index contributed by atoms with van der Waals surface area (Å²) >= 11 is 11.3. The van der Waals surface area contributed by atoms with Crippen LogP contribution < -0.4 is 0 Å². The molecule has 0 N–H and O–H groups in total. The van der Waals surface area contributed by atoms with E-state index in [1.165, 1.54) is 24.3 Å². The van der Waals surface area contributed by atoms with Gasteiger partial charge in [0.25, 0.3) is 0 Å². The maximum absolute atomic E-state index is 14.0. The Kier molecular flexibility index (Phi) is 6.16. The van der Waals surface area contributed by atoms with E-state index in [0.29, 0.717) is 5.56 Å². The maximum Gasteiger partial charge on any atom is 0.310 e. The summed E-state index contributed by atoms with van der Waals surface area (Å²) in [7, 11) is 0. The van der Waals surface area contributed by atoms with Crippen molar-refractivity contribution in [3.63, 3.8) is 0 Å². The first kappa shape index (κ1) is 22.6. The first-order valence-electron chi connectivity index (χ1n) is 8.77. The van der Waals surface area contributed by atoms with Gasteiger partial charge in [-0.25, -0.2) is 22.0 Å². The van der Waals surface area contributed by atoms with E-state index in [9.17, 15) is 26.7 Å². The van der Waals surface area contributed by atoms with Crippen LogP contribution in [0.25, 0.3) is 11.1 Å². The highest BCUT2D eigenvalue weighted by Gasteiger charge is 2.61. The molecule has 1 saturated carbocycles. The first-order chi connectivity index (χ1) is 14.0. The van der Waals surface area contributed by atoms with Crippen LogP contribution in [0.1, 0.15) is 19.4 Å². The number of hydrogen-bond acceptors (Lipinski definition) is 2. The molecule has 1 aliphatic carbocycles. The molecule has 1 fully saturated rings. The lowest BCUT2D eigenvalue weighted by molar-refractivity contribution is -0.147. The minimum Gasteiger partial charge on any atom is -0.461 e. The molecule has 2 aromatic carbocycles. The van der Waals surface area contributed by atoms with E-state index in [-0.39, 0.29) is 22.6 Å². The van der Waals surface area contributed by atoms with Crippen LogP contribution in [0.5, 0.6) is 0 Å². The van der Waals surface area contributed by atoms with E-state index in [1.54, 1.807) is 6.08 Å². The molecule has 0 aromatic heterocycles. The number of halogens is 7. The Morgan fingerprint density at radius 3 is 2.17 bits per heavy atom. The third kappa shape index (κ3) is 4.05. The molecule has 160 valence electrons. The summed E-state index contributed by atoms with van der Waals surface area (Å²) in [6.07, 6.45) is 1.55. The van der Waals surface area contributed by atoms with Gasteiger partial charge in [0.1, 0.15) is 11.1 Å². The van der Waals surface area contributed by atoms with E-state index >= 15 is 0 Å². The summed E-state index contributed by atoms with van der Waals surface area (Å²) in [4.78, 5) is 12.4. The third-order valence-corrected chi connectivity index (χ3v) is 5.53. The van der Waals surface area contributed by atoms with Crippen LogP contribution in [0.3, 0.4) is 0 Å². The van der Waals surface area contributed by atoms with Gasteiger partial charge >= 0.3 is 5.97 Å². The van der Waals surface area contributed by atoms with Crippen molar-refractivity contribution in [2.45, 2.75) is 20.5 Å². The molecule has 0 radical (unpaired) electrons. The molecule has 2 unspecified atom stereocenters. The van der Waals surface area contributed by atoms with Crippen LogP contribution in [-0.4, -0.2) is 5.97 Å². The van der Waals surface area contributed by atoms with Gasteiger partial charge in [0.05, 0.1) is 11.5 Å². The SMILES string of the molecule is CC1(C)C(C=C(Cl)Cl)C1C(=O)OCc1cccc(-c2c(F)c(F)c(F)c(F)c2F)c1. The van der Waals surface area contributed by atoms with Gasteiger partial charge < -0.3 is 4.74 Å². The molecular formula is C21H15Cl2F5O2. The van der Waals surface area contributed by atoms with Gasteiger partial charge in [-0.1, -0.05) is 55.2 Å². The van der Waals surface area contributed by atoms with Crippen LogP contribution in [0.2, 0.25) is 0 Å². The molecule has 2 nitrogen and oxygen atoms in total. The number of carbonyl (C=O) groups is 1. The Bertz CT molecular complexity index is 1020. The number of allylic oxidation sites excluding steroid dienone is 1. The number of ether oxygens (including phenoxy) is 1. The standard InChI is InChI=1S/C21H15Cl2F5O2/c1-21(2)11(7-12(22)23)14(21)20(29)30-8-9-4-3-5-10(6-9)13-15(24)17(26)19(28)18(27)16(13)25/h3-7,11,14H,8H2,1-2H3. The van der Waals surface area contributed by atoms with E-state index in [0.717, 1.165) is 0 Å². The average molecular weight is 465 g/mol. The van der Waals surface area contributed by atoms with Crippen molar-refractivity contribution < 1.29 is 31.5 Å². The van der Waals surface area contributed by atoms with Gasteiger partial charge in [0.15, 0.2) is 23.3 Å². The van der Waals surface area contributed by atoms with Crippen molar-refractivity contribution in [2.24, 2.45) is 17.3 Å². The van der Waals surface area contributed by atoms with E-state index < -0.39 is 52.0 Å². The summed E-state index contributed by atoms with van der Waals surface area (Å²) in [5.41, 5.74) is -1.38. The minimum absolute atomic E-state index is 0.0406. The smallest absolute Gasteiger partial charge is 0.310 e. The lowest BCUT2D eigenvalue weighted by atomic mass is 10.0. The molecule has 9 heteroatoms. The Morgan fingerprint density at radius 2 is 1.60 bits per heavy atom. The highest BCUT2D eigenvalue weighted by molar-refractivity contribution is 6.55. The molecule has 0 heterocycles. The minimum atomic E-state index is -2.23. The second-order valence-electron chi connectivity index (χ2n) is 7.53. The van der Waals surface area contributed by atoms with Crippen LogP contribution in [0.15, 0.2) is 34.8 Å². The van der Waals surface area contributed by atoms with Crippen molar-refractivity contribution in [3.8, 4) is 11.1 Å². The number of benzene rings is 2.